The summed E-state index contributed by atoms with van der Waals surface area (Å²) < 4.78 is 6.32. The van der Waals surface area contributed by atoms with Crippen molar-refractivity contribution in [3.63, 3.8) is 0 Å². The first kappa shape index (κ1) is 21.3. The van der Waals surface area contributed by atoms with Gasteiger partial charge < -0.3 is 9.73 Å². The molecule has 0 amide bonds. The highest BCUT2D eigenvalue weighted by atomic mass is 16.3. The highest BCUT2D eigenvalue weighted by Gasteiger charge is 2.24. The van der Waals surface area contributed by atoms with E-state index in [1.807, 2.05) is 79.0 Å². The molecule has 6 aromatic rings. The molecule has 176 valence electrons. The zero-order chi connectivity index (χ0) is 24.6. The zero-order valence-corrected chi connectivity index (χ0v) is 19.9. The average molecular weight is 479 g/mol. The fourth-order valence-electron chi connectivity index (χ4n) is 4.84. The average Bonchev–Trinajstić information content (AvgIpc) is 3.36. The summed E-state index contributed by atoms with van der Waals surface area (Å²) in [6, 6.07) is 36.9. The van der Waals surface area contributed by atoms with Crippen LogP contribution in [-0.2, 0) is 0 Å². The molecule has 0 saturated heterocycles. The maximum atomic E-state index is 6.32. The van der Waals surface area contributed by atoms with Gasteiger partial charge in [-0.3, -0.25) is 4.98 Å². The lowest BCUT2D eigenvalue weighted by molar-refractivity contribution is 0.667. The summed E-state index contributed by atoms with van der Waals surface area (Å²) in [5, 5.41) is 5.55. The van der Waals surface area contributed by atoms with E-state index in [4.69, 9.17) is 14.4 Å². The van der Waals surface area contributed by atoms with Crippen LogP contribution < -0.4 is 5.32 Å². The van der Waals surface area contributed by atoms with Crippen LogP contribution in [0, 0.1) is 0 Å². The van der Waals surface area contributed by atoms with Crippen molar-refractivity contribution >= 4 is 33.6 Å². The Labute approximate surface area is 213 Å². The molecule has 0 spiro atoms. The molecule has 1 N–H and O–H groups in total. The van der Waals surface area contributed by atoms with E-state index < -0.39 is 0 Å². The first-order valence-corrected chi connectivity index (χ1v) is 12.2. The van der Waals surface area contributed by atoms with E-state index in [0.29, 0.717) is 5.84 Å². The summed E-state index contributed by atoms with van der Waals surface area (Å²) in [5.41, 5.74) is 6.74. The molecule has 5 nitrogen and oxygen atoms in total. The number of rotatable bonds is 4. The number of hydrogen-bond donors (Lipinski definition) is 1. The Balaban J connectivity index is 1.48. The summed E-state index contributed by atoms with van der Waals surface area (Å²) in [4.78, 5) is 14.4. The number of amidine groups is 2. The van der Waals surface area contributed by atoms with Crippen LogP contribution in [0.25, 0.3) is 33.1 Å². The molecule has 0 bridgehead atoms. The Morgan fingerprint density at radius 2 is 1.38 bits per heavy atom. The molecule has 1 unspecified atom stereocenters. The molecule has 0 saturated carbocycles. The molecule has 1 aliphatic rings. The molecule has 0 fully saturated rings. The molecule has 7 rings (SSSR count). The van der Waals surface area contributed by atoms with E-state index in [1.165, 1.54) is 0 Å². The van der Waals surface area contributed by atoms with Crippen LogP contribution in [0.2, 0.25) is 0 Å². The normalized spacial score (nSPS) is 15.3. The van der Waals surface area contributed by atoms with Gasteiger partial charge in [0.05, 0.1) is 0 Å². The number of aliphatic imine (C=N–C) groups is 2. The van der Waals surface area contributed by atoms with Crippen molar-refractivity contribution in [1.29, 1.82) is 0 Å². The van der Waals surface area contributed by atoms with Crippen LogP contribution in [0.3, 0.4) is 0 Å². The third-order valence-electron chi connectivity index (χ3n) is 6.62. The van der Waals surface area contributed by atoms with E-state index in [9.17, 15) is 0 Å². The van der Waals surface area contributed by atoms with Crippen molar-refractivity contribution in [3.8, 4) is 11.1 Å². The second-order valence-electron chi connectivity index (χ2n) is 8.97. The van der Waals surface area contributed by atoms with Gasteiger partial charge in [-0.25, -0.2) is 9.98 Å². The Kier molecular flexibility index (Phi) is 5.10. The minimum absolute atomic E-state index is 0.282. The van der Waals surface area contributed by atoms with Gasteiger partial charge in [-0.15, -0.1) is 0 Å². The van der Waals surface area contributed by atoms with Gasteiger partial charge in [0.2, 0.25) is 0 Å². The van der Waals surface area contributed by atoms with E-state index >= 15 is 0 Å². The van der Waals surface area contributed by atoms with E-state index in [-0.39, 0.29) is 6.17 Å². The lowest BCUT2D eigenvalue weighted by Gasteiger charge is -2.24. The molecular formula is C32H22N4O. The minimum Gasteiger partial charge on any atom is -0.456 e. The van der Waals surface area contributed by atoms with Crippen molar-refractivity contribution in [1.82, 2.24) is 10.3 Å². The van der Waals surface area contributed by atoms with Gasteiger partial charge in [0, 0.05) is 34.3 Å². The maximum absolute atomic E-state index is 6.32. The van der Waals surface area contributed by atoms with Crippen LogP contribution in [0.1, 0.15) is 22.9 Å². The van der Waals surface area contributed by atoms with Crippen LogP contribution in [0.5, 0.6) is 0 Å². The summed E-state index contributed by atoms with van der Waals surface area (Å²) in [7, 11) is 0. The Hall–Kier alpha value is -5.03. The maximum Gasteiger partial charge on any atom is 0.159 e. The van der Waals surface area contributed by atoms with E-state index in [2.05, 4.69) is 46.7 Å². The summed E-state index contributed by atoms with van der Waals surface area (Å²) in [5.74, 6) is 1.43. The highest BCUT2D eigenvalue weighted by molar-refractivity contribution is 6.22. The van der Waals surface area contributed by atoms with Crippen LogP contribution in [0.4, 0.5) is 0 Å². The van der Waals surface area contributed by atoms with Crippen molar-refractivity contribution in [2.24, 2.45) is 9.98 Å². The van der Waals surface area contributed by atoms with Gasteiger partial charge in [0.15, 0.2) is 5.84 Å². The quantitative estimate of drug-likeness (QED) is 0.293. The Morgan fingerprint density at radius 3 is 2.14 bits per heavy atom. The van der Waals surface area contributed by atoms with Gasteiger partial charge in [-0.05, 0) is 34.9 Å². The lowest BCUT2D eigenvalue weighted by atomic mass is 9.98. The number of hydrogen-bond acceptors (Lipinski definition) is 5. The first-order valence-electron chi connectivity index (χ1n) is 12.2. The predicted octanol–water partition coefficient (Wildman–Crippen LogP) is 7.14. The van der Waals surface area contributed by atoms with Gasteiger partial charge in [0.1, 0.15) is 23.2 Å². The van der Waals surface area contributed by atoms with Crippen molar-refractivity contribution in [3.05, 3.63) is 138 Å². The number of aromatic nitrogens is 1. The molecule has 0 radical (unpaired) electrons. The SMILES string of the molecule is c1ccc(C2=NC(c3ccccc3)NC(c3cc(-c4ccccc4)cc4oc5ccncc5c34)=N2)cc1. The smallest absolute Gasteiger partial charge is 0.159 e. The molecule has 5 heteroatoms. The van der Waals surface area contributed by atoms with Gasteiger partial charge >= 0.3 is 0 Å². The fraction of sp³-hybridized carbons (Fsp3) is 0.0312. The number of pyridine rings is 1. The van der Waals surface area contributed by atoms with Crippen LogP contribution in [-0.4, -0.2) is 16.7 Å². The molecule has 1 atom stereocenters. The van der Waals surface area contributed by atoms with E-state index in [1.54, 1.807) is 6.20 Å². The highest BCUT2D eigenvalue weighted by Crippen LogP contribution is 2.36. The largest absolute Gasteiger partial charge is 0.456 e. The van der Waals surface area contributed by atoms with Crippen molar-refractivity contribution < 1.29 is 4.42 Å². The molecule has 2 aromatic heterocycles. The topological polar surface area (TPSA) is 62.8 Å². The first-order chi connectivity index (χ1) is 18.3. The van der Waals surface area contributed by atoms with Gasteiger partial charge in [-0.2, -0.15) is 0 Å². The fourth-order valence-corrected chi connectivity index (χ4v) is 4.84. The summed E-state index contributed by atoms with van der Waals surface area (Å²) >= 11 is 0. The van der Waals surface area contributed by atoms with Crippen LogP contribution >= 0.6 is 0 Å². The number of fused-ring (bicyclic) bond motifs is 3. The van der Waals surface area contributed by atoms with Crippen LogP contribution in [0.15, 0.2) is 136 Å². The summed E-state index contributed by atoms with van der Waals surface area (Å²) in [6.07, 6.45) is 3.33. The Morgan fingerprint density at radius 1 is 0.676 bits per heavy atom. The molecule has 0 aliphatic carbocycles. The monoisotopic (exact) mass is 478 g/mol. The molecule has 1 aliphatic heterocycles. The molecule has 37 heavy (non-hydrogen) atoms. The number of furan rings is 1. The minimum atomic E-state index is -0.282. The summed E-state index contributed by atoms with van der Waals surface area (Å²) in [6.45, 7) is 0. The van der Waals surface area contributed by atoms with Gasteiger partial charge in [0.25, 0.3) is 0 Å². The molecular weight excluding hydrogens is 456 g/mol. The second-order valence-corrected chi connectivity index (χ2v) is 8.97. The number of nitrogens with one attached hydrogen (secondary N) is 1. The standard InChI is InChI=1S/C32H22N4O/c1-4-10-21(11-5-1)24-18-25(29-26-20-33-17-16-27(26)37-28(29)19-24)32-35-30(22-12-6-2-7-13-22)34-31(36-32)23-14-8-3-9-15-23/h1-20,30H,(H,34,35,36). The second kappa shape index (κ2) is 8.88. The lowest BCUT2D eigenvalue weighted by Crippen LogP contribution is -2.33. The van der Waals surface area contributed by atoms with Crippen molar-refractivity contribution in [2.75, 3.05) is 0 Å². The zero-order valence-electron chi connectivity index (χ0n) is 19.9. The molecule has 3 heterocycles. The van der Waals surface area contributed by atoms with Crippen molar-refractivity contribution in [2.45, 2.75) is 6.17 Å². The predicted molar refractivity (Wildman–Crippen MR) is 149 cm³/mol. The van der Waals surface area contributed by atoms with Gasteiger partial charge in [-0.1, -0.05) is 91.0 Å². The molecule has 4 aromatic carbocycles. The third-order valence-corrected chi connectivity index (χ3v) is 6.62. The third kappa shape index (κ3) is 3.87. The number of nitrogens with zero attached hydrogens (tertiary/aromatic N) is 3. The Bertz CT molecular complexity index is 1790. The number of benzene rings is 4. The van der Waals surface area contributed by atoms with E-state index in [0.717, 1.165) is 55.6 Å².